The SMILES string of the molecule is CC1(C2CCNc3nc(C4CCOC4)nn32)CC1. The molecular formula is C13H20N4O. The second-order valence-corrected chi connectivity index (χ2v) is 6.18. The van der Waals surface area contributed by atoms with E-state index in [1.54, 1.807) is 0 Å². The molecule has 0 aromatic carbocycles. The highest BCUT2D eigenvalue weighted by Crippen LogP contribution is 2.56. The van der Waals surface area contributed by atoms with Crippen molar-refractivity contribution in [3.63, 3.8) is 0 Å². The molecule has 2 atom stereocenters. The van der Waals surface area contributed by atoms with Crippen molar-refractivity contribution in [3.05, 3.63) is 5.82 Å². The Morgan fingerprint density at radius 3 is 3.00 bits per heavy atom. The monoisotopic (exact) mass is 248 g/mol. The maximum absolute atomic E-state index is 5.44. The zero-order valence-electron chi connectivity index (χ0n) is 10.9. The third kappa shape index (κ3) is 1.56. The van der Waals surface area contributed by atoms with Gasteiger partial charge in [-0.1, -0.05) is 6.92 Å². The van der Waals surface area contributed by atoms with E-state index in [0.717, 1.165) is 38.0 Å². The summed E-state index contributed by atoms with van der Waals surface area (Å²) in [5, 5.41) is 8.17. The van der Waals surface area contributed by atoms with Crippen molar-refractivity contribution in [2.45, 2.75) is 44.6 Å². The van der Waals surface area contributed by atoms with Crippen LogP contribution in [-0.4, -0.2) is 34.5 Å². The largest absolute Gasteiger partial charge is 0.381 e. The fraction of sp³-hybridized carbons (Fsp3) is 0.846. The molecule has 2 aliphatic heterocycles. The lowest BCUT2D eigenvalue weighted by Crippen LogP contribution is -2.29. The maximum atomic E-state index is 5.44. The smallest absolute Gasteiger partial charge is 0.221 e. The highest BCUT2D eigenvalue weighted by molar-refractivity contribution is 5.30. The maximum Gasteiger partial charge on any atom is 0.221 e. The van der Waals surface area contributed by atoms with E-state index in [4.69, 9.17) is 9.84 Å². The van der Waals surface area contributed by atoms with Crippen LogP contribution in [0, 0.1) is 5.41 Å². The number of aromatic nitrogens is 3. The first-order chi connectivity index (χ1) is 8.76. The van der Waals surface area contributed by atoms with Gasteiger partial charge >= 0.3 is 0 Å². The first kappa shape index (κ1) is 10.8. The van der Waals surface area contributed by atoms with E-state index < -0.39 is 0 Å². The molecule has 1 aromatic heterocycles. The van der Waals surface area contributed by atoms with Gasteiger partial charge in [0.25, 0.3) is 0 Å². The van der Waals surface area contributed by atoms with Gasteiger partial charge in [-0.05, 0) is 31.1 Å². The van der Waals surface area contributed by atoms with Gasteiger partial charge in [-0.15, -0.1) is 0 Å². The van der Waals surface area contributed by atoms with Gasteiger partial charge in [-0.2, -0.15) is 10.1 Å². The Labute approximate surface area is 107 Å². The molecule has 1 aromatic rings. The number of hydrogen-bond donors (Lipinski definition) is 1. The fourth-order valence-corrected chi connectivity index (χ4v) is 3.21. The van der Waals surface area contributed by atoms with Crippen LogP contribution in [0.1, 0.15) is 50.4 Å². The Kier molecular flexibility index (Phi) is 2.22. The molecule has 1 N–H and O–H groups in total. The second-order valence-electron chi connectivity index (χ2n) is 6.18. The van der Waals surface area contributed by atoms with E-state index in [-0.39, 0.29) is 0 Å². The molecule has 1 saturated heterocycles. The quantitative estimate of drug-likeness (QED) is 0.869. The minimum Gasteiger partial charge on any atom is -0.381 e. The third-order valence-corrected chi connectivity index (χ3v) is 4.78. The van der Waals surface area contributed by atoms with Crippen molar-refractivity contribution in [1.29, 1.82) is 0 Å². The average Bonchev–Trinajstić information content (AvgIpc) is 2.88. The van der Waals surface area contributed by atoms with Crippen molar-refractivity contribution < 1.29 is 4.74 Å². The molecular weight excluding hydrogens is 228 g/mol. The third-order valence-electron chi connectivity index (χ3n) is 4.78. The Morgan fingerprint density at radius 1 is 1.39 bits per heavy atom. The molecule has 0 amide bonds. The molecule has 2 unspecified atom stereocenters. The molecule has 0 radical (unpaired) electrons. The van der Waals surface area contributed by atoms with Gasteiger partial charge in [0, 0.05) is 19.1 Å². The fourth-order valence-electron chi connectivity index (χ4n) is 3.21. The minimum atomic E-state index is 0.401. The van der Waals surface area contributed by atoms with E-state index in [1.807, 2.05) is 0 Å². The predicted octanol–water partition coefficient (Wildman–Crippen LogP) is 1.94. The minimum absolute atomic E-state index is 0.401. The Morgan fingerprint density at radius 2 is 2.28 bits per heavy atom. The lowest BCUT2D eigenvalue weighted by atomic mass is 9.95. The average molecular weight is 248 g/mol. The summed E-state index contributed by atoms with van der Waals surface area (Å²) < 4.78 is 7.60. The number of ether oxygens (including phenoxy) is 1. The van der Waals surface area contributed by atoms with Gasteiger partial charge in [0.05, 0.1) is 12.6 Å². The van der Waals surface area contributed by atoms with Crippen molar-refractivity contribution in [2.75, 3.05) is 25.1 Å². The van der Waals surface area contributed by atoms with E-state index in [9.17, 15) is 0 Å². The van der Waals surface area contributed by atoms with Crippen LogP contribution in [0.15, 0.2) is 0 Å². The summed E-state index contributed by atoms with van der Waals surface area (Å²) in [5.74, 6) is 2.35. The summed E-state index contributed by atoms with van der Waals surface area (Å²) in [7, 11) is 0. The Bertz CT molecular complexity index is 460. The normalized spacial score (nSPS) is 32.9. The summed E-state index contributed by atoms with van der Waals surface area (Å²) in [5.41, 5.74) is 0.466. The molecule has 5 heteroatoms. The number of nitrogens with zero attached hydrogens (tertiary/aromatic N) is 3. The first-order valence-corrected chi connectivity index (χ1v) is 7.04. The predicted molar refractivity (Wildman–Crippen MR) is 67.7 cm³/mol. The summed E-state index contributed by atoms with van der Waals surface area (Å²) in [6.07, 6.45) is 4.90. The topological polar surface area (TPSA) is 52.0 Å². The summed E-state index contributed by atoms with van der Waals surface area (Å²) in [4.78, 5) is 4.69. The van der Waals surface area contributed by atoms with Gasteiger partial charge in [-0.25, -0.2) is 4.68 Å². The highest BCUT2D eigenvalue weighted by atomic mass is 16.5. The van der Waals surface area contributed by atoms with Crippen LogP contribution >= 0.6 is 0 Å². The molecule has 3 heterocycles. The van der Waals surface area contributed by atoms with E-state index >= 15 is 0 Å². The molecule has 2 fully saturated rings. The van der Waals surface area contributed by atoms with Crippen LogP contribution in [0.3, 0.4) is 0 Å². The van der Waals surface area contributed by atoms with Crippen LogP contribution in [-0.2, 0) is 4.74 Å². The molecule has 98 valence electrons. The summed E-state index contributed by atoms with van der Waals surface area (Å²) >= 11 is 0. The molecule has 3 aliphatic rings. The highest BCUT2D eigenvalue weighted by Gasteiger charge is 2.48. The van der Waals surface area contributed by atoms with Gasteiger partial charge < -0.3 is 10.1 Å². The molecule has 1 saturated carbocycles. The molecule has 18 heavy (non-hydrogen) atoms. The summed E-state index contributed by atoms with van der Waals surface area (Å²) in [6.45, 7) is 5.04. The molecule has 0 bridgehead atoms. The number of anilines is 1. The number of nitrogens with one attached hydrogen (secondary N) is 1. The van der Waals surface area contributed by atoms with Crippen LogP contribution in [0.2, 0.25) is 0 Å². The lowest BCUT2D eigenvalue weighted by Gasteiger charge is -2.29. The van der Waals surface area contributed by atoms with Crippen molar-refractivity contribution >= 4 is 5.95 Å². The van der Waals surface area contributed by atoms with Gasteiger partial charge in [0.2, 0.25) is 5.95 Å². The van der Waals surface area contributed by atoms with Gasteiger partial charge in [0.15, 0.2) is 5.82 Å². The van der Waals surface area contributed by atoms with Crippen molar-refractivity contribution in [2.24, 2.45) is 5.41 Å². The van der Waals surface area contributed by atoms with Crippen LogP contribution in [0.4, 0.5) is 5.95 Å². The molecule has 0 spiro atoms. The van der Waals surface area contributed by atoms with Crippen LogP contribution < -0.4 is 5.32 Å². The lowest BCUT2D eigenvalue weighted by molar-refractivity contribution is 0.193. The van der Waals surface area contributed by atoms with Gasteiger partial charge in [0.1, 0.15) is 0 Å². The standard InChI is InChI=1S/C13H20N4O/c1-13(4-5-13)10-2-6-14-12-15-11(16-17(10)12)9-3-7-18-8-9/h9-10H,2-8H2,1H3,(H,14,15,16). The molecule has 1 aliphatic carbocycles. The molecule has 4 rings (SSSR count). The van der Waals surface area contributed by atoms with Gasteiger partial charge in [-0.3, -0.25) is 0 Å². The van der Waals surface area contributed by atoms with E-state index in [2.05, 4.69) is 21.9 Å². The van der Waals surface area contributed by atoms with Crippen LogP contribution in [0.5, 0.6) is 0 Å². The van der Waals surface area contributed by atoms with Crippen molar-refractivity contribution in [1.82, 2.24) is 14.8 Å². The first-order valence-electron chi connectivity index (χ1n) is 7.04. The van der Waals surface area contributed by atoms with Crippen LogP contribution in [0.25, 0.3) is 0 Å². The number of fused-ring (bicyclic) bond motifs is 1. The molecule has 5 nitrogen and oxygen atoms in total. The Balaban J connectivity index is 1.67. The summed E-state index contributed by atoms with van der Waals surface area (Å²) in [6, 6.07) is 0.539. The number of hydrogen-bond acceptors (Lipinski definition) is 4. The Hall–Kier alpha value is -1.10. The second kappa shape index (κ2) is 3.70. The zero-order valence-corrected chi connectivity index (χ0v) is 10.9. The zero-order chi connectivity index (χ0) is 12.2. The van der Waals surface area contributed by atoms with Crippen molar-refractivity contribution in [3.8, 4) is 0 Å². The number of rotatable bonds is 2. The van der Waals surface area contributed by atoms with E-state index in [0.29, 0.717) is 17.4 Å². The van der Waals surface area contributed by atoms with E-state index in [1.165, 1.54) is 19.3 Å².